The standard InChI is InChI=1S/C40H22N2O/c1-2-8-23(9-3-1)32-20-18-24-16-17-25-19-21-33(42-40(25)39(24)41-32)27-12-6-11-26-31-22-35-38(28-10-4-5-15-34(28)43-35)30-14-7-13-29(36(26)27)37(30)31/h1-22H. The van der Waals surface area contributed by atoms with Gasteiger partial charge in [-0.3, -0.25) is 0 Å². The maximum absolute atomic E-state index is 6.37. The van der Waals surface area contributed by atoms with Crippen LogP contribution in [0.1, 0.15) is 0 Å². The summed E-state index contributed by atoms with van der Waals surface area (Å²) in [4.78, 5) is 10.4. The Labute approximate surface area is 246 Å². The fourth-order valence-corrected chi connectivity index (χ4v) is 7.09. The van der Waals surface area contributed by atoms with Crippen molar-refractivity contribution in [1.82, 2.24) is 9.97 Å². The minimum atomic E-state index is 0.920. The lowest BCUT2D eigenvalue weighted by Crippen LogP contribution is -1.92. The third-order valence-corrected chi connectivity index (χ3v) is 8.99. The summed E-state index contributed by atoms with van der Waals surface area (Å²) in [5.74, 6) is 0. The Morgan fingerprint density at radius 1 is 0.419 bits per heavy atom. The highest BCUT2D eigenvalue weighted by atomic mass is 16.3. The first-order valence-electron chi connectivity index (χ1n) is 14.6. The number of hydrogen-bond donors (Lipinski definition) is 0. The second kappa shape index (κ2) is 8.37. The molecule has 6 aromatic carbocycles. The highest BCUT2D eigenvalue weighted by Crippen LogP contribution is 2.53. The molecule has 0 saturated heterocycles. The molecule has 3 heterocycles. The van der Waals surface area contributed by atoms with Crippen LogP contribution in [0.25, 0.3) is 99.3 Å². The zero-order valence-electron chi connectivity index (χ0n) is 23.0. The molecule has 0 saturated carbocycles. The Kier molecular flexibility index (Phi) is 4.45. The van der Waals surface area contributed by atoms with Crippen LogP contribution in [-0.4, -0.2) is 9.97 Å². The van der Waals surface area contributed by atoms with Crippen LogP contribution < -0.4 is 0 Å². The van der Waals surface area contributed by atoms with E-state index in [2.05, 4.69) is 121 Å². The molecule has 0 aliphatic heterocycles. The SMILES string of the molecule is c1ccc(-c2ccc3ccc4ccc(-c5cccc6c5-c5cccc7c5c-6cc5oc6ccccc6c57)nc4c3n2)cc1. The molecule has 1 aliphatic rings. The molecule has 3 heteroatoms. The number of para-hydroxylation sites is 1. The molecule has 10 rings (SSSR count). The van der Waals surface area contributed by atoms with Crippen molar-refractivity contribution in [2.75, 3.05) is 0 Å². The van der Waals surface area contributed by atoms with E-state index >= 15 is 0 Å². The van der Waals surface area contributed by atoms with Gasteiger partial charge in [0.15, 0.2) is 0 Å². The van der Waals surface area contributed by atoms with Crippen LogP contribution in [0.15, 0.2) is 138 Å². The number of nitrogens with zero attached hydrogens (tertiary/aromatic N) is 2. The topological polar surface area (TPSA) is 38.9 Å². The van der Waals surface area contributed by atoms with Crippen molar-refractivity contribution in [2.45, 2.75) is 0 Å². The number of pyridine rings is 2. The largest absolute Gasteiger partial charge is 0.456 e. The molecule has 0 amide bonds. The van der Waals surface area contributed by atoms with Gasteiger partial charge in [-0.05, 0) is 57.3 Å². The Morgan fingerprint density at radius 2 is 1.07 bits per heavy atom. The van der Waals surface area contributed by atoms with E-state index in [4.69, 9.17) is 14.4 Å². The molecule has 9 aromatic rings. The summed E-state index contributed by atoms with van der Waals surface area (Å²) in [5, 5.41) is 7.02. The van der Waals surface area contributed by atoms with Gasteiger partial charge in [-0.2, -0.15) is 0 Å². The maximum Gasteiger partial charge on any atom is 0.136 e. The first-order chi connectivity index (χ1) is 21.3. The molecular weight excluding hydrogens is 524 g/mol. The van der Waals surface area contributed by atoms with E-state index in [0.29, 0.717) is 0 Å². The normalized spacial score (nSPS) is 12.2. The van der Waals surface area contributed by atoms with Gasteiger partial charge < -0.3 is 4.42 Å². The smallest absolute Gasteiger partial charge is 0.136 e. The number of benzene rings is 6. The van der Waals surface area contributed by atoms with E-state index in [1.165, 1.54) is 38.4 Å². The molecule has 0 N–H and O–H groups in total. The summed E-state index contributed by atoms with van der Waals surface area (Å²) in [6.45, 7) is 0. The quantitative estimate of drug-likeness (QED) is 0.202. The summed E-state index contributed by atoms with van der Waals surface area (Å²) < 4.78 is 6.37. The van der Waals surface area contributed by atoms with Gasteiger partial charge in [-0.15, -0.1) is 0 Å². The van der Waals surface area contributed by atoms with Crippen molar-refractivity contribution in [1.29, 1.82) is 0 Å². The highest BCUT2D eigenvalue weighted by Gasteiger charge is 2.27. The van der Waals surface area contributed by atoms with Crippen LogP contribution in [0.5, 0.6) is 0 Å². The third-order valence-electron chi connectivity index (χ3n) is 8.99. The zero-order valence-corrected chi connectivity index (χ0v) is 23.0. The monoisotopic (exact) mass is 546 g/mol. The van der Waals surface area contributed by atoms with Gasteiger partial charge in [0.05, 0.1) is 22.4 Å². The summed E-state index contributed by atoms with van der Waals surface area (Å²) in [6, 6.07) is 47.0. The van der Waals surface area contributed by atoms with Crippen molar-refractivity contribution < 1.29 is 4.42 Å². The van der Waals surface area contributed by atoms with Gasteiger partial charge in [0.2, 0.25) is 0 Å². The summed E-state index contributed by atoms with van der Waals surface area (Å²) in [7, 11) is 0. The van der Waals surface area contributed by atoms with E-state index in [1.807, 2.05) is 12.1 Å². The third kappa shape index (κ3) is 3.14. The van der Waals surface area contributed by atoms with Gasteiger partial charge in [0.1, 0.15) is 11.2 Å². The van der Waals surface area contributed by atoms with Gasteiger partial charge in [0, 0.05) is 32.7 Å². The minimum absolute atomic E-state index is 0.920. The second-order valence-corrected chi connectivity index (χ2v) is 11.3. The maximum atomic E-state index is 6.37. The number of aromatic nitrogens is 2. The minimum Gasteiger partial charge on any atom is -0.456 e. The number of fused-ring (bicyclic) bond motifs is 10. The molecule has 198 valence electrons. The van der Waals surface area contributed by atoms with E-state index < -0.39 is 0 Å². The van der Waals surface area contributed by atoms with Crippen molar-refractivity contribution in [2.24, 2.45) is 0 Å². The molecule has 0 atom stereocenters. The lowest BCUT2D eigenvalue weighted by molar-refractivity contribution is 0.669. The van der Waals surface area contributed by atoms with Crippen LogP contribution in [0, 0.1) is 0 Å². The molecule has 1 aliphatic carbocycles. The molecular formula is C40H22N2O. The fourth-order valence-electron chi connectivity index (χ4n) is 7.09. The molecule has 43 heavy (non-hydrogen) atoms. The van der Waals surface area contributed by atoms with Crippen LogP contribution in [-0.2, 0) is 0 Å². The Balaban J connectivity index is 1.22. The van der Waals surface area contributed by atoms with Crippen LogP contribution >= 0.6 is 0 Å². The molecule has 0 radical (unpaired) electrons. The number of hydrogen-bond acceptors (Lipinski definition) is 3. The van der Waals surface area contributed by atoms with Gasteiger partial charge in [-0.25, -0.2) is 9.97 Å². The number of furan rings is 1. The summed E-state index contributed by atoms with van der Waals surface area (Å²) in [5.41, 5.74) is 12.7. The highest BCUT2D eigenvalue weighted by molar-refractivity contribution is 6.28. The van der Waals surface area contributed by atoms with E-state index in [0.717, 1.165) is 60.9 Å². The number of rotatable bonds is 2. The first kappa shape index (κ1) is 22.8. The molecule has 0 bridgehead atoms. The van der Waals surface area contributed by atoms with Crippen LogP contribution in [0.3, 0.4) is 0 Å². The average Bonchev–Trinajstić information content (AvgIpc) is 3.61. The van der Waals surface area contributed by atoms with Gasteiger partial charge in [0.25, 0.3) is 0 Å². The van der Waals surface area contributed by atoms with E-state index in [9.17, 15) is 0 Å². The molecule has 0 unspecified atom stereocenters. The molecule has 3 nitrogen and oxygen atoms in total. The molecule has 0 fully saturated rings. The molecule has 3 aromatic heterocycles. The molecule has 0 spiro atoms. The van der Waals surface area contributed by atoms with E-state index in [1.54, 1.807) is 0 Å². The van der Waals surface area contributed by atoms with Gasteiger partial charge >= 0.3 is 0 Å². The average molecular weight is 547 g/mol. The lowest BCUT2D eigenvalue weighted by atomic mass is 9.95. The van der Waals surface area contributed by atoms with Crippen molar-refractivity contribution in [3.05, 3.63) is 133 Å². The van der Waals surface area contributed by atoms with Crippen LogP contribution in [0.2, 0.25) is 0 Å². The lowest BCUT2D eigenvalue weighted by Gasteiger charge is -2.12. The van der Waals surface area contributed by atoms with Crippen molar-refractivity contribution in [3.63, 3.8) is 0 Å². The Morgan fingerprint density at radius 3 is 1.93 bits per heavy atom. The second-order valence-electron chi connectivity index (χ2n) is 11.3. The summed E-state index contributed by atoms with van der Waals surface area (Å²) in [6.07, 6.45) is 0. The predicted octanol–water partition coefficient (Wildman–Crippen LogP) is 10.8. The summed E-state index contributed by atoms with van der Waals surface area (Å²) >= 11 is 0. The van der Waals surface area contributed by atoms with Crippen LogP contribution in [0.4, 0.5) is 0 Å². The Hall–Kier alpha value is -5.80. The van der Waals surface area contributed by atoms with E-state index in [-0.39, 0.29) is 0 Å². The first-order valence-corrected chi connectivity index (χ1v) is 14.6. The Bertz CT molecular complexity index is 2610. The predicted molar refractivity (Wildman–Crippen MR) is 177 cm³/mol. The van der Waals surface area contributed by atoms with Crippen molar-refractivity contribution in [3.8, 4) is 44.8 Å². The van der Waals surface area contributed by atoms with Crippen molar-refractivity contribution >= 4 is 54.5 Å². The van der Waals surface area contributed by atoms with Gasteiger partial charge in [-0.1, -0.05) is 109 Å². The zero-order chi connectivity index (χ0) is 28.1. The fraction of sp³-hybridized carbons (Fsp3) is 0.